The molecule has 1 heterocycles. The molecule has 86 valence electrons. The third kappa shape index (κ3) is 2.03. The van der Waals surface area contributed by atoms with Crippen LogP contribution in [0.5, 0.6) is 0 Å². The molecule has 0 spiro atoms. The van der Waals surface area contributed by atoms with Gasteiger partial charge >= 0.3 is 5.97 Å². The van der Waals surface area contributed by atoms with Crippen LogP contribution in [0.15, 0.2) is 0 Å². The Kier molecular flexibility index (Phi) is 3.29. The second kappa shape index (κ2) is 4.52. The lowest BCUT2D eigenvalue weighted by atomic mass is 9.88. The minimum atomic E-state index is -0.577. The molecule has 0 bridgehead atoms. The van der Waals surface area contributed by atoms with Gasteiger partial charge in [0.1, 0.15) is 5.54 Å². The van der Waals surface area contributed by atoms with Gasteiger partial charge in [-0.15, -0.1) is 0 Å². The molecule has 2 fully saturated rings. The molecule has 15 heavy (non-hydrogen) atoms. The molecule has 0 radical (unpaired) electrons. The Labute approximate surface area is 91.5 Å². The molecule has 1 N–H and O–H groups in total. The predicted octanol–water partition coefficient (Wildman–Crippen LogP) is 2.26. The number of rotatable bonds is 2. The van der Waals surface area contributed by atoms with Crippen LogP contribution in [0.3, 0.4) is 0 Å². The van der Waals surface area contributed by atoms with Crippen LogP contribution in [0.4, 0.5) is 0 Å². The highest BCUT2D eigenvalue weighted by atomic mass is 16.4. The molecule has 2 aliphatic rings. The quantitative estimate of drug-likeness (QED) is 0.712. The molecule has 0 aromatic carbocycles. The standard InChI is InChI=1S/C12H21NO2/c14-11(15)12(13-9-5-6-10-13)7-3-1-2-4-8-12/h1-10H2,(H,14,15). The lowest BCUT2D eigenvalue weighted by Gasteiger charge is -2.37. The van der Waals surface area contributed by atoms with Gasteiger partial charge in [-0.2, -0.15) is 0 Å². The number of carboxylic acid groups (broad SMARTS) is 1. The minimum Gasteiger partial charge on any atom is -0.480 e. The van der Waals surface area contributed by atoms with E-state index in [0.29, 0.717) is 0 Å². The Hall–Kier alpha value is -0.570. The second-order valence-corrected chi connectivity index (χ2v) is 4.95. The molecule has 0 aromatic rings. The van der Waals surface area contributed by atoms with Crippen LogP contribution in [0.1, 0.15) is 51.4 Å². The number of carboxylic acids is 1. The van der Waals surface area contributed by atoms with Crippen molar-refractivity contribution >= 4 is 5.97 Å². The molecule has 3 nitrogen and oxygen atoms in total. The average molecular weight is 211 g/mol. The fraction of sp³-hybridized carbons (Fsp3) is 0.917. The first-order valence-corrected chi connectivity index (χ1v) is 6.24. The first-order chi connectivity index (χ1) is 7.26. The van der Waals surface area contributed by atoms with E-state index in [9.17, 15) is 9.90 Å². The van der Waals surface area contributed by atoms with Gasteiger partial charge < -0.3 is 5.11 Å². The number of carbonyl (C=O) groups is 1. The van der Waals surface area contributed by atoms with Crippen molar-refractivity contribution in [2.24, 2.45) is 0 Å². The maximum Gasteiger partial charge on any atom is 0.324 e. The number of nitrogens with zero attached hydrogens (tertiary/aromatic N) is 1. The van der Waals surface area contributed by atoms with Crippen molar-refractivity contribution in [3.63, 3.8) is 0 Å². The fourth-order valence-electron chi connectivity index (χ4n) is 3.12. The average Bonchev–Trinajstić information content (AvgIpc) is 2.63. The molecule has 1 aliphatic carbocycles. The SMILES string of the molecule is O=C(O)C1(N2CCCC2)CCCCCC1. The van der Waals surface area contributed by atoms with Crippen LogP contribution < -0.4 is 0 Å². The number of aliphatic carboxylic acids is 1. The van der Waals surface area contributed by atoms with E-state index in [0.717, 1.165) is 38.8 Å². The molecule has 1 saturated carbocycles. The lowest BCUT2D eigenvalue weighted by Crippen LogP contribution is -2.53. The van der Waals surface area contributed by atoms with E-state index >= 15 is 0 Å². The Balaban J connectivity index is 2.16. The van der Waals surface area contributed by atoms with Crippen molar-refractivity contribution in [2.45, 2.75) is 56.9 Å². The summed E-state index contributed by atoms with van der Waals surface area (Å²) >= 11 is 0. The third-order valence-electron chi connectivity index (χ3n) is 4.04. The normalized spacial score (nSPS) is 27.5. The summed E-state index contributed by atoms with van der Waals surface area (Å²) in [5.41, 5.74) is -0.507. The van der Waals surface area contributed by atoms with Gasteiger partial charge in [-0.25, -0.2) is 0 Å². The van der Waals surface area contributed by atoms with Gasteiger partial charge in [0.05, 0.1) is 0 Å². The van der Waals surface area contributed by atoms with E-state index in [-0.39, 0.29) is 0 Å². The highest BCUT2D eigenvalue weighted by Gasteiger charge is 2.44. The van der Waals surface area contributed by atoms with Gasteiger partial charge in [0.15, 0.2) is 0 Å². The molecule has 1 saturated heterocycles. The first-order valence-electron chi connectivity index (χ1n) is 6.24. The van der Waals surface area contributed by atoms with Crippen molar-refractivity contribution in [3.05, 3.63) is 0 Å². The molecule has 0 amide bonds. The Morgan fingerprint density at radius 3 is 1.93 bits per heavy atom. The van der Waals surface area contributed by atoms with E-state index < -0.39 is 11.5 Å². The summed E-state index contributed by atoms with van der Waals surface area (Å²) in [5.74, 6) is -0.577. The maximum absolute atomic E-state index is 11.6. The number of hydrogen-bond donors (Lipinski definition) is 1. The summed E-state index contributed by atoms with van der Waals surface area (Å²) in [5, 5.41) is 9.53. The lowest BCUT2D eigenvalue weighted by molar-refractivity contribution is -0.152. The molecular weight excluding hydrogens is 190 g/mol. The molecule has 1 aliphatic heterocycles. The zero-order chi connectivity index (χ0) is 10.7. The molecular formula is C12H21NO2. The van der Waals surface area contributed by atoms with Crippen LogP contribution in [0, 0.1) is 0 Å². The van der Waals surface area contributed by atoms with Crippen molar-refractivity contribution in [1.29, 1.82) is 0 Å². The fourth-order valence-corrected chi connectivity index (χ4v) is 3.12. The topological polar surface area (TPSA) is 40.5 Å². The highest BCUT2D eigenvalue weighted by Crippen LogP contribution is 2.35. The minimum absolute atomic E-state index is 0.507. The Bertz CT molecular complexity index is 226. The summed E-state index contributed by atoms with van der Waals surface area (Å²) in [6, 6.07) is 0. The zero-order valence-corrected chi connectivity index (χ0v) is 9.37. The summed E-state index contributed by atoms with van der Waals surface area (Å²) in [4.78, 5) is 13.8. The number of likely N-dealkylation sites (tertiary alicyclic amines) is 1. The van der Waals surface area contributed by atoms with Gasteiger partial charge in [0, 0.05) is 0 Å². The second-order valence-electron chi connectivity index (χ2n) is 4.95. The maximum atomic E-state index is 11.6. The summed E-state index contributed by atoms with van der Waals surface area (Å²) in [7, 11) is 0. The molecule has 0 unspecified atom stereocenters. The zero-order valence-electron chi connectivity index (χ0n) is 9.37. The summed E-state index contributed by atoms with van der Waals surface area (Å²) < 4.78 is 0. The van der Waals surface area contributed by atoms with Gasteiger partial charge in [0.2, 0.25) is 0 Å². The predicted molar refractivity (Wildman–Crippen MR) is 58.9 cm³/mol. The van der Waals surface area contributed by atoms with Crippen LogP contribution in [-0.4, -0.2) is 34.6 Å². The smallest absolute Gasteiger partial charge is 0.324 e. The molecule has 2 rings (SSSR count). The number of hydrogen-bond acceptors (Lipinski definition) is 2. The third-order valence-corrected chi connectivity index (χ3v) is 4.04. The van der Waals surface area contributed by atoms with E-state index in [1.807, 2.05) is 0 Å². The highest BCUT2D eigenvalue weighted by molar-refractivity contribution is 5.78. The molecule has 3 heteroatoms. The van der Waals surface area contributed by atoms with Crippen molar-refractivity contribution in [1.82, 2.24) is 4.90 Å². The van der Waals surface area contributed by atoms with Gasteiger partial charge in [-0.1, -0.05) is 25.7 Å². The van der Waals surface area contributed by atoms with Crippen molar-refractivity contribution < 1.29 is 9.90 Å². The van der Waals surface area contributed by atoms with Crippen LogP contribution in [0.2, 0.25) is 0 Å². The van der Waals surface area contributed by atoms with Gasteiger partial charge in [0.25, 0.3) is 0 Å². The molecule has 0 aromatic heterocycles. The van der Waals surface area contributed by atoms with E-state index in [1.54, 1.807) is 0 Å². The summed E-state index contributed by atoms with van der Waals surface area (Å²) in [6.07, 6.45) is 8.67. The van der Waals surface area contributed by atoms with Crippen LogP contribution in [-0.2, 0) is 4.79 Å². The Morgan fingerprint density at radius 1 is 0.933 bits per heavy atom. The van der Waals surface area contributed by atoms with Crippen LogP contribution in [0.25, 0.3) is 0 Å². The van der Waals surface area contributed by atoms with Crippen molar-refractivity contribution in [3.8, 4) is 0 Å². The Morgan fingerprint density at radius 2 is 1.47 bits per heavy atom. The van der Waals surface area contributed by atoms with E-state index in [2.05, 4.69) is 4.90 Å². The molecule has 0 atom stereocenters. The van der Waals surface area contributed by atoms with Gasteiger partial charge in [-0.3, -0.25) is 9.69 Å². The summed E-state index contributed by atoms with van der Waals surface area (Å²) in [6.45, 7) is 1.98. The van der Waals surface area contributed by atoms with E-state index in [1.165, 1.54) is 25.7 Å². The van der Waals surface area contributed by atoms with E-state index in [4.69, 9.17) is 0 Å². The van der Waals surface area contributed by atoms with Crippen molar-refractivity contribution in [2.75, 3.05) is 13.1 Å². The largest absolute Gasteiger partial charge is 0.480 e. The first kappa shape index (κ1) is 10.9. The monoisotopic (exact) mass is 211 g/mol. The van der Waals surface area contributed by atoms with Crippen LogP contribution >= 0.6 is 0 Å². The van der Waals surface area contributed by atoms with Gasteiger partial charge in [-0.05, 0) is 38.8 Å².